The molecule has 0 amide bonds. The van der Waals surface area contributed by atoms with E-state index >= 15 is 0 Å². The molecule has 0 aromatic heterocycles. The predicted octanol–water partition coefficient (Wildman–Crippen LogP) is 5.66. The second-order valence-electron chi connectivity index (χ2n) is 6.83. The van der Waals surface area contributed by atoms with E-state index in [1.807, 2.05) is 13.1 Å². The van der Waals surface area contributed by atoms with Crippen LogP contribution in [-0.4, -0.2) is 13.6 Å². The van der Waals surface area contributed by atoms with Gasteiger partial charge in [0.2, 0.25) is 0 Å². The fraction of sp³-hybridized carbons (Fsp3) is 0.600. The lowest BCUT2D eigenvalue weighted by molar-refractivity contribution is 0.321. The van der Waals surface area contributed by atoms with Gasteiger partial charge in [-0.1, -0.05) is 58.5 Å². The van der Waals surface area contributed by atoms with E-state index in [2.05, 4.69) is 51.7 Å². The molecule has 0 aliphatic heterocycles. The van der Waals surface area contributed by atoms with Crippen molar-refractivity contribution in [3.8, 4) is 0 Å². The van der Waals surface area contributed by atoms with Crippen molar-refractivity contribution in [2.45, 2.75) is 57.8 Å². The fourth-order valence-electron chi connectivity index (χ4n) is 2.73. The first kappa shape index (κ1) is 20.1. The summed E-state index contributed by atoms with van der Waals surface area (Å²) < 4.78 is 0. The summed E-state index contributed by atoms with van der Waals surface area (Å²) >= 11 is 1.74. The summed E-state index contributed by atoms with van der Waals surface area (Å²) in [6.07, 6.45) is 3.47. The van der Waals surface area contributed by atoms with Crippen molar-refractivity contribution >= 4 is 17.4 Å². The summed E-state index contributed by atoms with van der Waals surface area (Å²) in [7, 11) is 2.04. The van der Waals surface area contributed by atoms with E-state index in [0.29, 0.717) is 11.8 Å². The van der Waals surface area contributed by atoms with Crippen molar-refractivity contribution in [2.24, 2.45) is 11.8 Å². The van der Waals surface area contributed by atoms with E-state index in [1.54, 1.807) is 11.8 Å². The van der Waals surface area contributed by atoms with Gasteiger partial charge in [-0.3, -0.25) is 0 Å². The number of nitrogens with one attached hydrogen (secondary N) is 1. The monoisotopic (exact) mass is 334 g/mol. The van der Waals surface area contributed by atoms with E-state index in [-0.39, 0.29) is 0 Å². The van der Waals surface area contributed by atoms with Gasteiger partial charge in [-0.2, -0.15) is 0 Å². The van der Waals surface area contributed by atoms with Crippen molar-refractivity contribution in [3.05, 3.63) is 35.2 Å². The highest BCUT2D eigenvalue weighted by Crippen LogP contribution is 2.36. The minimum Gasteiger partial charge on any atom is -0.398 e. The Morgan fingerprint density at radius 3 is 2.57 bits per heavy atom. The van der Waals surface area contributed by atoms with Crippen LogP contribution in [-0.2, 0) is 0 Å². The molecule has 1 rings (SSSR count). The highest BCUT2D eigenvalue weighted by Gasteiger charge is 2.16. The molecular formula is C20H34N2S. The van der Waals surface area contributed by atoms with Crippen molar-refractivity contribution in [2.75, 3.05) is 19.3 Å². The predicted molar refractivity (Wildman–Crippen MR) is 106 cm³/mol. The molecule has 3 heteroatoms. The zero-order chi connectivity index (χ0) is 17.4. The van der Waals surface area contributed by atoms with Gasteiger partial charge >= 0.3 is 0 Å². The topological polar surface area (TPSA) is 38.0 Å². The maximum absolute atomic E-state index is 6.14. The molecule has 3 N–H and O–H groups in total. The lowest BCUT2D eigenvalue weighted by Crippen LogP contribution is -2.24. The van der Waals surface area contributed by atoms with Crippen LogP contribution in [0.2, 0.25) is 0 Å². The standard InChI is InChI=1S/C20H34N2S/c1-7-15(4)18(13-22-6)9-8-16(5)23-20-12-17(14(2)3)10-11-19(20)21/h10-12,14-15,18,22H,5,7-9,13,21H2,1-4,6H3. The molecule has 130 valence electrons. The highest BCUT2D eigenvalue weighted by molar-refractivity contribution is 8.03. The molecule has 1 aromatic carbocycles. The number of rotatable bonds is 10. The third-order valence-electron chi connectivity index (χ3n) is 4.67. The van der Waals surface area contributed by atoms with Crippen LogP contribution in [0, 0.1) is 11.8 Å². The van der Waals surface area contributed by atoms with E-state index in [1.165, 1.54) is 23.3 Å². The molecule has 2 nitrogen and oxygen atoms in total. The average molecular weight is 335 g/mol. The van der Waals surface area contributed by atoms with Crippen LogP contribution in [0.4, 0.5) is 5.69 Å². The van der Waals surface area contributed by atoms with Gasteiger partial charge in [0, 0.05) is 10.6 Å². The zero-order valence-corrected chi connectivity index (χ0v) is 16.3. The molecule has 1 aromatic rings. The molecule has 0 radical (unpaired) electrons. The number of hydrogen-bond acceptors (Lipinski definition) is 3. The maximum atomic E-state index is 6.14. The third-order valence-corrected chi connectivity index (χ3v) is 5.73. The second kappa shape index (κ2) is 10.0. The molecule has 0 spiro atoms. The Morgan fingerprint density at radius 2 is 2.00 bits per heavy atom. The van der Waals surface area contributed by atoms with E-state index in [4.69, 9.17) is 5.73 Å². The van der Waals surface area contributed by atoms with Crippen molar-refractivity contribution in [1.29, 1.82) is 0 Å². The average Bonchev–Trinajstić information content (AvgIpc) is 2.52. The van der Waals surface area contributed by atoms with Crippen molar-refractivity contribution in [3.63, 3.8) is 0 Å². The SMILES string of the molecule is C=C(CCC(CNC)C(C)CC)Sc1cc(C(C)C)ccc1N. The van der Waals surface area contributed by atoms with Gasteiger partial charge in [-0.05, 0) is 66.8 Å². The Labute approximate surface area is 147 Å². The van der Waals surface area contributed by atoms with Crippen LogP contribution < -0.4 is 11.1 Å². The number of thioether (sulfide) groups is 1. The lowest BCUT2D eigenvalue weighted by atomic mass is 9.88. The molecule has 0 fully saturated rings. The van der Waals surface area contributed by atoms with Gasteiger partial charge in [-0.15, -0.1) is 0 Å². The van der Waals surface area contributed by atoms with Gasteiger partial charge in [0.15, 0.2) is 0 Å². The zero-order valence-electron chi connectivity index (χ0n) is 15.5. The Balaban J connectivity index is 2.64. The number of anilines is 1. The Bertz CT molecular complexity index is 496. The fourth-order valence-corrected chi connectivity index (χ4v) is 3.65. The van der Waals surface area contributed by atoms with Crippen molar-refractivity contribution < 1.29 is 0 Å². The van der Waals surface area contributed by atoms with Crippen LogP contribution in [0.25, 0.3) is 0 Å². The van der Waals surface area contributed by atoms with Gasteiger partial charge in [0.1, 0.15) is 0 Å². The number of nitrogens with two attached hydrogens (primary N) is 1. The largest absolute Gasteiger partial charge is 0.398 e. The number of hydrogen-bond donors (Lipinski definition) is 2. The van der Waals surface area contributed by atoms with Crippen LogP contribution in [0.1, 0.15) is 58.4 Å². The van der Waals surface area contributed by atoms with E-state index in [0.717, 1.165) is 29.5 Å². The van der Waals surface area contributed by atoms with E-state index in [9.17, 15) is 0 Å². The molecule has 0 saturated heterocycles. The molecule has 23 heavy (non-hydrogen) atoms. The summed E-state index contributed by atoms with van der Waals surface area (Å²) in [5.41, 5.74) is 8.33. The maximum Gasteiger partial charge on any atom is 0.0455 e. The summed E-state index contributed by atoms with van der Waals surface area (Å²) in [5.74, 6) is 1.98. The number of allylic oxidation sites excluding steroid dienone is 1. The highest BCUT2D eigenvalue weighted by atomic mass is 32.2. The molecule has 2 unspecified atom stereocenters. The Hall–Kier alpha value is -0.930. The Kier molecular flexibility index (Phi) is 8.78. The molecule has 2 atom stereocenters. The van der Waals surface area contributed by atoms with Crippen molar-refractivity contribution in [1.82, 2.24) is 5.32 Å². The first-order chi connectivity index (χ1) is 10.9. The summed E-state index contributed by atoms with van der Waals surface area (Å²) in [5, 5.41) is 3.33. The lowest BCUT2D eigenvalue weighted by Gasteiger charge is -2.23. The number of nitrogen functional groups attached to an aromatic ring is 1. The summed E-state index contributed by atoms with van der Waals surface area (Å²) in [4.78, 5) is 2.36. The minimum absolute atomic E-state index is 0.522. The van der Waals surface area contributed by atoms with Crippen LogP contribution >= 0.6 is 11.8 Å². The summed E-state index contributed by atoms with van der Waals surface area (Å²) in [6, 6.07) is 6.36. The van der Waals surface area contributed by atoms with Gasteiger partial charge in [-0.25, -0.2) is 0 Å². The first-order valence-corrected chi connectivity index (χ1v) is 9.60. The van der Waals surface area contributed by atoms with Gasteiger partial charge in [0.25, 0.3) is 0 Å². The van der Waals surface area contributed by atoms with Crippen LogP contribution in [0.5, 0.6) is 0 Å². The molecule has 0 heterocycles. The van der Waals surface area contributed by atoms with Crippen LogP contribution in [0.15, 0.2) is 34.6 Å². The normalized spacial score (nSPS) is 14.0. The molecule has 0 bridgehead atoms. The summed E-state index contributed by atoms with van der Waals surface area (Å²) in [6.45, 7) is 14.4. The van der Waals surface area contributed by atoms with Gasteiger partial charge in [0.05, 0.1) is 0 Å². The second-order valence-corrected chi connectivity index (χ2v) is 8.06. The number of benzene rings is 1. The quantitative estimate of drug-likeness (QED) is 0.428. The molecule has 0 aliphatic rings. The van der Waals surface area contributed by atoms with Gasteiger partial charge < -0.3 is 11.1 Å². The van der Waals surface area contributed by atoms with E-state index < -0.39 is 0 Å². The molecular weight excluding hydrogens is 300 g/mol. The smallest absolute Gasteiger partial charge is 0.0455 e. The molecule has 0 saturated carbocycles. The first-order valence-electron chi connectivity index (χ1n) is 8.78. The molecule has 0 aliphatic carbocycles. The third kappa shape index (κ3) is 6.60. The minimum atomic E-state index is 0.522. The van der Waals surface area contributed by atoms with Crippen LogP contribution in [0.3, 0.4) is 0 Å². The Morgan fingerprint density at radius 1 is 1.30 bits per heavy atom.